The summed E-state index contributed by atoms with van der Waals surface area (Å²) >= 11 is 0. The Labute approximate surface area is 650 Å². The number of carbonyl (C=O) groups is 24. The van der Waals surface area contributed by atoms with Crippen LogP contribution in [0.15, 0.2) is 36.5 Å². The van der Waals surface area contributed by atoms with Gasteiger partial charge in [0.15, 0.2) is 0 Å². The zero-order valence-corrected chi connectivity index (χ0v) is 65.4. The number of carboxylic acids is 8. The Bertz CT molecular complexity index is 2870. The Morgan fingerprint density at radius 1 is 0.310 bits per heavy atom. The van der Waals surface area contributed by atoms with E-state index in [0.29, 0.717) is 110 Å². The summed E-state index contributed by atoms with van der Waals surface area (Å²) in [4.78, 5) is 253. The monoisotopic (exact) mass is 1630 g/mol. The van der Waals surface area contributed by atoms with Crippen molar-refractivity contribution < 1.29 is 156 Å². The number of unbranched alkanes of at least 4 members (excludes halogenated alkanes) is 8. The van der Waals surface area contributed by atoms with Crippen molar-refractivity contribution in [1.82, 2.24) is 63.0 Å². The summed E-state index contributed by atoms with van der Waals surface area (Å²) in [5, 5.41) is 60.3. The third-order valence-corrected chi connectivity index (χ3v) is 10.8. The highest BCUT2D eigenvalue weighted by atomic mass is 16.4. The average Bonchev–Trinajstić information content (AvgIpc) is 1.71. The minimum absolute atomic E-state index is 0.0987. The molecular formula is C65H112N16O32. The van der Waals surface area contributed by atoms with Gasteiger partial charge < -0.3 is 40.9 Å². The van der Waals surface area contributed by atoms with Crippen molar-refractivity contribution in [1.29, 1.82) is 0 Å². The number of carboxylic acid groups (broad SMARTS) is 8. The van der Waals surface area contributed by atoms with Crippen LogP contribution in [0.1, 0.15) is 199 Å². The summed E-state index contributed by atoms with van der Waals surface area (Å²) in [6.07, 6.45) is 16.9. The van der Waals surface area contributed by atoms with Crippen LogP contribution in [0.2, 0.25) is 0 Å². The molecule has 0 aromatic rings. The summed E-state index contributed by atoms with van der Waals surface area (Å²) in [6.45, 7) is 17.5. The van der Waals surface area contributed by atoms with E-state index in [2.05, 4.69) is 55.9 Å². The van der Waals surface area contributed by atoms with Crippen LogP contribution in [0.25, 0.3) is 0 Å². The quantitative estimate of drug-likeness (QED) is 0.0155. The van der Waals surface area contributed by atoms with Crippen LogP contribution >= 0.6 is 0 Å². The van der Waals surface area contributed by atoms with Crippen LogP contribution in [-0.2, 0) is 115 Å². The molecule has 1 saturated heterocycles. The van der Waals surface area contributed by atoms with Crippen LogP contribution in [0.5, 0.6) is 0 Å². The van der Waals surface area contributed by atoms with Crippen LogP contribution in [-0.4, -0.2) is 229 Å². The topological polar surface area (TPSA) is 785 Å². The molecule has 0 saturated carbocycles. The van der Waals surface area contributed by atoms with Gasteiger partial charge in [0.2, 0.25) is 59.1 Å². The molecule has 644 valence electrons. The lowest BCUT2D eigenvalue weighted by Gasteiger charge is -2.13. The molecule has 0 radical (unpaired) electrons. The number of nitrogens with zero attached hydrogens (tertiary/aromatic N) is 4. The third-order valence-electron chi connectivity index (χ3n) is 10.8. The molecule has 1 atom stereocenters. The zero-order valence-electron chi connectivity index (χ0n) is 65.4. The van der Waals surface area contributed by atoms with Crippen molar-refractivity contribution in [2.45, 2.75) is 199 Å². The normalized spacial score (nSPS) is 12.1. The smallest absolute Gasteiger partial charge is 0.303 e. The van der Waals surface area contributed by atoms with E-state index >= 15 is 0 Å². The molecule has 0 bridgehead atoms. The van der Waals surface area contributed by atoms with Crippen molar-refractivity contribution in [3.8, 4) is 0 Å². The highest BCUT2D eigenvalue weighted by Crippen LogP contribution is 2.19. The maximum Gasteiger partial charge on any atom is 0.303 e. The van der Waals surface area contributed by atoms with Crippen molar-refractivity contribution in [3.05, 3.63) is 36.5 Å². The average molecular weight is 1630 g/mol. The van der Waals surface area contributed by atoms with Crippen LogP contribution in [0, 0.1) is 5.92 Å². The number of likely N-dealkylation sites (tertiary alicyclic amines) is 1. The fourth-order valence-electron chi connectivity index (χ4n) is 6.62. The highest BCUT2D eigenvalue weighted by molar-refractivity contribution is 6.14. The summed E-state index contributed by atoms with van der Waals surface area (Å²) in [6, 6.07) is 0. The number of hydrogen-bond acceptors (Lipinski definition) is 28. The number of aliphatic carboxylic acids is 8. The van der Waals surface area contributed by atoms with E-state index in [9.17, 15) is 81.5 Å². The Morgan fingerprint density at radius 3 is 0.637 bits per heavy atom. The van der Waals surface area contributed by atoms with Crippen LogP contribution in [0.4, 0.5) is 0 Å². The van der Waals surface area contributed by atoms with Gasteiger partial charge in [0.25, 0.3) is 77.2 Å². The number of nitrogens with one attached hydrogen (secondary N) is 8. The van der Waals surface area contributed by atoms with Crippen molar-refractivity contribution in [2.24, 2.45) is 29.3 Å². The number of imide groups is 4. The number of amides is 16. The van der Waals surface area contributed by atoms with E-state index in [1.165, 1.54) is 90.7 Å². The van der Waals surface area contributed by atoms with Crippen molar-refractivity contribution in [3.63, 3.8) is 0 Å². The summed E-state index contributed by atoms with van der Waals surface area (Å²) in [7, 11) is 0. The second-order valence-corrected chi connectivity index (χ2v) is 21.8. The Balaban J connectivity index is -0.000000135. The fraction of sp³-hybridized carbons (Fsp3) is 0.538. The minimum atomic E-state index is -0.833. The van der Waals surface area contributed by atoms with E-state index in [-0.39, 0.29) is 107 Å². The maximum atomic E-state index is 11.6. The standard InChI is InChI=1S/C13H21N3O4.2C12H17N3O4.C10H13NO4.2C2H6N2O.7C2H4O2.H4N2/c1-9-8-12(19)16(13(9)20)7-5-3-4-6-11(18)15-14-10(2)17;2*1-9(16)13-14-10(17)5-3-2-4-8-15-11(18)6-7-12(15)19;12-8-5-6-9(13)11(8)7-3-1-2-4-10(14)15;2*1-2(5)4-3;7*1-2(3)4;1-2/h9H,3-8H2,1-2H3,(H,14,17)(H,15,18);2*6-7H,2-5,8H2,1H3,(H,13,16)(H,14,17);5-6H,1-4,7H2,(H,14,15);2*3H2,1H3,(H,4,5);7*1H3,(H,3,4);1-2H2. The SMILES string of the molecule is CC(=O)NN.CC(=O)NN.CC(=O)NNC(=O)CCCCCN1C(=O)C=CC1=O.CC(=O)NNC(=O)CCCCCN1C(=O)C=CC1=O.CC(=O)NNC(=O)CCCCCN1C(=O)CC(C)C1=O.CC(=O)O.CC(=O)O.CC(=O)O.CC(=O)O.CC(=O)O.CC(=O)O.CC(=O)O.NN.O=C(O)CCCCCN1C(=O)C=CC1=O. The van der Waals surface area contributed by atoms with E-state index in [1.54, 1.807) is 6.92 Å². The molecule has 113 heavy (non-hydrogen) atoms. The lowest BCUT2D eigenvalue weighted by Crippen LogP contribution is -2.40. The molecule has 16 amide bonds. The second kappa shape index (κ2) is 80.2. The number of rotatable bonds is 24. The van der Waals surface area contributed by atoms with Gasteiger partial charge in [-0.05, 0) is 51.4 Å². The first kappa shape index (κ1) is 121. The molecule has 48 heteroatoms. The first-order valence-electron chi connectivity index (χ1n) is 33.2. The zero-order chi connectivity index (χ0) is 90.5. The summed E-state index contributed by atoms with van der Waals surface area (Å²) in [5.41, 5.74) is 17.2. The van der Waals surface area contributed by atoms with Gasteiger partial charge >= 0.3 is 5.97 Å². The molecule has 4 heterocycles. The number of carbonyl (C=O) groups excluding carboxylic acids is 16. The van der Waals surface area contributed by atoms with Crippen LogP contribution < -0.4 is 66.8 Å². The van der Waals surface area contributed by atoms with Gasteiger partial charge in [0.1, 0.15) is 0 Å². The third kappa shape index (κ3) is 108. The van der Waals surface area contributed by atoms with Gasteiger partial charge in [0.05, 0.1) is 0 Å². The predicted molar refractivity (Wildman–Crippen MR) is 393 cm³/mol. The molecule has 1 unspecified atom stereocenters. The largest absolute Gasteiger partial charge is 0.481 e. The minimum Gasteiger partial charge on any atom is -0.481 e. The molecule has 24 N–H and O–H groups in total. The van der Waals surface area contributed by atoms with E-state index in [1.807, 2.05) is 10.9 Å². The van der Waals surface area contributed by atoms with Gasteiger partial charge in [0, 0.05) is 184 Å². The maximum absolute atomic E-state index is 11.6. The molecule has 0 spiro atoms. The summed E-state index contributed by atoms with van der Waals surface area (Å²) in [5.74, 6) is 6.22. The van der Waals surface area contributed by atoms with Crippen molar-refractivity contribution in [2.75, 3.05) is 26.2 Å². The molecule has 1 fully saturated rings. The van der Waals surface area contributed by atoms with Gasteiger partial charge in [-0.3, -0.25) is 190 Å². The van der Waals surface area contributed by atoms with E-state index < -0.39 is 47.8 Å². The first-order chi connectivity index (χ1) is 52.2. The molecule has 48 nitrogen and oxygen atoms in total. The Kier molecular flexibility index (Phi) is 85.9. The van der Waals surface area contributed by atoms with Crippen molar-refractivity contribution >= 4 is 142 Å². The molecule has 4 aliphatic heterocycles. The van der Waals surface area contributed by atoms with E-state index in [0.717, 1.165) is 67.7 Å². The summed E-state index contributed by atoms with van der Waals surface area (Å²) < 4.78 is 0. The molecule has 4 aliphatic rings. The molecule has 0 aromatic heterocycles. The van der Waals surface area contributed by atoms with Gasteiger partial charge in [-0.25, -0.2) is 11.7 Å². The van der Waals surface area contributed by atoms with Gasteiger partial charge in [-0.15, -0.1) is 0 Å². The van der Waals surface area contributed by atoms with Crippen LogP contribution in [0.3, 0.4) is 0 Å². The lowest BCUT2D eigenvalue weighted by atomic mass is 10.1. The second-order valence-electron chi connectivity index (χ2n) is 21.8. The highest BCUT2D eigenvalue weighted by Gasteiger charge is 2.35. The fourth-order valence-corrected chi connectivity index (χ4v) is 6.62. The van der Waals surface area contributed by atoms with Gasteiger partial charge in [-0.1, -0.05) is 32.6 Å². The lowest BCUT2D eigenvalue weighted by molar-refractivity contribution is -0.140. The van der Waals surface area contributed by atoms with Gasteiger partial charge in [-0.2, -0.15) is 0 Å². The first-order valence-corrected chi connectivity index (χ1v) is 33.2. The Hall–Kier alpha value is -12.9. The molecular weight excluding hydrogens is 1520 g/mol. The number of hydrogen-bond donors (Lipinski definition) is 20. The number of nitrogens with two attached hydrogens (primary N) is 4. The predicted octanol–water partition coefficient (Wildman–Crippen LogP) is -2.61. The van der Waals surface area contributed by atoms with E-state index in [4.69, 9.17) is 74.4 Å². The molecule has 0 aliphatic carbocycles. The Morgan fingerprint density at radius 2 is 0.487 bits per heavy atom. The molecule has 0 aromatic carbocycles. The number of hydrazine groups is 6. The molecule has 4 rings (SSSR count).